The maximum Gasteiger partial charge on any atom is 0.412 e. The second-order valence-electron chi connectivity index (χ2n) is 6.18. The third-order valence-electron chi connectivity index (χ3n) is 4.21. The molecular weight excluding hydrogens is 264 g/mol. The van der Waals surface area contributed by atoms with Crippen molar-refractivity contribution in [3.05, 3.63) is 41.1 Å². The van der Waals surface area contributed by atoms with Crippen molar-refractivity contribution < 1.29 is 9.53 Å². The van der Waals surface area contributed by atoms with E-state index in [1.54, 1.807) is 0 Å². The summed E-state index contributed by atoms with van der Waals surface area (Å²) in [6.07, 6.45) is 1.74. The molecule has 0 atom stereocenters. The molecule has 1 aromatic heterocycles. The van der Waals surface area contributed by atoms with Gasteiger partial charge in [-0.1, -0.05) is 6.07 Å². The van der Waals surface area contributed by atoms with E-state index in [2.05, 4.69) is 43.0 Å². The van der Waals surface area contributed by atoms with Gasteiger partial charge in [0.1, 0.15) is 5.60 Å². The Labute approximate surface area is 124 Å². The van der Waals surface area contributed by atoms with E-state index < -0.39 is 11.7 Å². The van der Waals surface area contributed by atoms with E-state index in [1.807, 2.05) is 26.0 Å². The van der Waals surface area contributed by atoms with Crippen LogP contribution in [0, 0.1) is 13.8 Å². The van der Waals surface area contributed by atoms with E-state index in [0.717, 1.165) is 16.8 Å². The summed E-state index contributed by atoms with van der Waals surface area (Å²) in [5, 5.41) is 2.76. The zero-order valence-corrected chi connectivity index (χ0v) is 13.1. The maximum absolute atomic E-state index is 11.6. The molecule has 1 amide bonds. The van der Waals surface area contributed by atoms with Crippen molar-refractivity contribution in [3.63, 3.8) is 0 Å². The van der Waals surface area contributed by atoms with E-state index in [-0.39, 0.29) is 0 Å². The Morgan fingerprint density at radius 2 is 1.95 bits per heavy atom. The number of ether oxygens (including phenoxy) is 1. The quantitative estimate of drug-likeness (QED) is 0.856. The minimum Gasteiger partial charge on any atom is -0.438 e. The molecule has 0 radical (unpaired) electrons. The predicted octanol–water partition coefficient (Wildman–Crippen LogP) is 4.11. The molecule has 21 heavy (non-hydrogen) atoms. The first-order chi connectivity index (χ1) is 9.79. The van der Waals surface area contributed by atoms with Crippen molar-refractivity contribution in [1.82, 2.24) is 4.57 Å². The largest absolute Gasteiger partial charge is 0.438 e. The average Bonchev–Trinajstić information content (AvgIpc) is 2.62. The highest BCUT2D eigenvalue weighted by Gasteiger charge is 2.33. The zero-order valence-electron chi connectivity index (χ0n) is 13.1. The summed E-state index contributed by atoms with van der Waals surface area (Å²) in [4.78, 5) is 11.6. The van der Waals surface area contributed by atoms with Crippen molar-refractivity contribution in [2.45, 2.75) is 33.3 Å². The zero-order chi connectivity index (χ0) is 15.4. The second-order valence-corrected chi connectivity index (χ2v) is 6.18. The fourth-order valence-corrected chi connectivity index (χ4v) is 3.04. The van der Waals surface area contributed by atoms with Gasteiger partial charge in [-0.05, 0) is 56.5 Å². The van der Waals surface area contributed by atoms with Crippen LogP contribution >= 0.6 is 0 Å². The van der Waals surface area contributed by atoms with Crippen LogP contribution in [0.2, 0.25) is 0 Å². The van der Waals surface area contributed by atoms with Gasteiger partial charge in [-0.3, -0.25) is 5.32 Å². The molecular formula is C17H20N2O2. The topological polar surface area (TPSA) is 43.3 Å². The molecule has 1 aliphatic rings. The van der Waals surface area contributed by atoms with E-state index in [0.29, 0.717) is 0 Å². The molecule has 0 unspecified atom stereocenters. The average molecular weight is 284 g/mol. The van der Waals surface area contributed by atoms with E-state index in [9.17, 15) is 4.79 Å². The number of anilines is 1. The number of amides is 1. The van der Waals surface area contributed by atoms with Gasteiger partial charge in [0.25, 0.3) is 0 Å². The SMILES string of the molecule is Cc1cn(C)c(-c2ccc3c(c2)C(C)(C)OC(=O)N3)c1C. The fourth-order valence-electron chi connectivity index (χ4n) is 3.04. The van der Waals surface area contributed by atoms with Crippen LogP contribution in [0.25, 0.3) is 11.3 Å². The summed E-state index contributed by atoms with van der Waals surface area (Å²) >= 11 is 0. The lowest BCUT2D eigenvalue weighted by atomic mass is 9.91. The number of nitrogens with one attached hydrogen (secondary N) is 1. The number of hydrogen-bond acceptors (Lipinski definition) is 2. The molecule has 2 heterocycles. The number of hydrogen-bond donors (Lipinski definition) is 1. The van der Waals surface area contributed by atoms with Crippen molar-refractivity contribution in [1.29, 1.82) is 0 Å². The van der Waals surface area contributed by atoms with Gasteiger partial charge in [-0.15, -0.1) is 0 Å². The van der Waals surface area contributed by atoms with Gasteiger partial charge in [-0.2, -0.15) is 0 Å². The van der Waals surface area contributed by atoms with Gasteiger partial charge in [0.2, 0.25) is 0 Å². The Bertz CT molecular complexity index is 741. The summed E-state index contributed by atoms with van der Waals surface area (Å²) in [5.41, 5.74) is 6.08. The molecule has 4 heteroatoms. The number of benzene rings is 1. The minimum atomic E-state index is -0.623. The second kappa shape index (κ2) is 4.38. The third-order valence-corrected chi connectivity index (χ3v) is 4.21. The molecule has 0 bridgehead atoms. The molecule has 0 saturated carbocycles. The monoisotopic (exact) mass is 284 g/mol. The molecule has 0 spiro atoms. The molecule has 2 aromatic rings. The molecule has 0 aliphatic carbocycles. The lowest BCUT2D eigenvalue weighted by molar-refractivity contribution is 0.0421. The summed E-state index contributed by atoms with van der Waals surface area (Å²) in [5.74, 6) is 0. The van der Waals surface area contributed by atoms with E-state index in [4.69, 9.17) is 4.74 Å². The third kappa shape index (κ3) is 2.11. The van der Waals surface area contributed by atoms with Crippen LogP contribution in [-0.2, 0) is 17.4 Å². The summed E-state index contributed by atoms with van der Waals surface area (Å²) < 4.78 is 7.54. The van der Waals surface area contributed by atoms with Gasteiger partial charge in [0.15, 0.2) is 0 Å². The normalized spacial score (nSPS) is 16.1. The predicted molar refractivity (Wildman–Crippen MR) is 83.5 cm³/mol. The number of fused-ring (bicyclic) bond motifs is 1. The Balaban J connectivity index is 2.18. The molecule has 0 saturated heterocycles. The Hall–Kier alpha value is -2.23. The van der Waals surface area contributed by atoms with Gasteiger partial charge in [-0.25, -0.2) is 4.79 Å². The Morgan fingerprint density at radius 1 is 1.24 bits per heavy atom. The maximum atomic E-state index is 11.6. The smallest absolute Gasteiger partial charge is 0.412 e. The highest BCUT2D eigenvalue weighted by molar-refractivity contribution is 5.89. The summed E-state index contributed by atoms with van der Waals surface area (Å²) in [6, 6.07) is 6.10. The van der Waals surface area contributed by atoms with Crippen LogP contribution < -0.4 is 5.32 Å². The standard InChI is InChI=1S/C17H20N2O2/c1-10-9-19(5)15(11(10)2)12-6-7-14-13(8-12)17(3,4)21-16(20)18-14/h6-9H,1-5H3,(H,18,20). The van der Waals surface area contributed by atoms with Crippen LogP contribution in [-0.4, -0.2) is 10.7 Å². The fraction of sp³-hybridized carbons (Fsp3) is 0.353. The van der Waals surface area contributed by atoms with Crippen molar-refractivity contribution >= 4 is 11.8 Å². The number of rotatable bonds is 1. The van der Waals surface area contributed by atoms with Crippen molar-refractivity contribution in [2.75, 3.05) is 5.32 Å². The first-order valence-electron chi connectivity index (χ1n) is 7.07. The van der Waals surface area contributed by atoms with Gasteiger partial charge < -0.3 is 9.30 Å². The highest BCUT2D eigenvalue weighted by atomic mass is 16.6. The number of cyclic esters (lactones) is 1. The summed E-state index contributed by atoms with van der Waals surface area (Å²) in [6.45, 7) is 8.08. The lowest BCUT2D eigenvalue weighted by Gasteiger charge is -2.32. The lowest BCUT2D eigenvalue weighted by Crippen LogP contribution is -2.34. The first-order valence-corrected chi connectivity index (χ1v) is 7.07. The summed E-state index contributed by atoms with van der Waals surface area (Å²) in [7, 11) is 2.05. The van der Waals surface area contributed by atoms with E-state index >= 15 is 0 Å². The van der Waals surface area contributed by atoms with Crippen molar-refractivity contribution in [2.24, 2.45) is 7.05 Å². The number of carbonyl (C=O) groups excluding carboxylic acids is 1. The molecule has 4 nitrogen and oxygen atoms in total. The molecule has 110 valence electrons. The number of aromatic nitrogens is 1. The van der Waals surface area contributed by atoms with Gasteiger partial charge in [0, 0.05) is 18.8 Å². The first kappa shape index (κ1) is 13.7. The Kier molecular flexibility index (Phi) is 2.87. The molecule has 1 aliphatic heterocycles. The van der Waals surface area contributed by atoms with Gasteiger partial charge >= 0.3 is 6.09 Å². The minimum absolute atomic E-state index is 0.397. The molecule has 0 fully saturated rings. The number of nitrogens with zero attached hydrogens (tertiary/aromatic N) is 1. The van der Waals surface area contributed by atoms with Crippen LogP contribution in [0.15, 0.2) is 24.4 Å². The molecule has 1 aromatic carbocycles. The van der Waals surface area contributed by atoms with Crippen molar-refractivity contribution in [3.8, 4) is 11.3 Å². The number of carbonyl (C=O) groups is 1. The van der Waals surface area contributed by atoms with Crippen LogP contribution in [0.5, 0.6) is 0 Å². The number of aryl methyl sites for hydroxylation is 2. The van der Waals surface area contributed by atoms with Gasteiger partial charge in [0.05, 0.1) is 11.4 Å². The molecule has 1 N–H and O–H groups in total. The highest BCUT2D eigenvalue weighted by Crippen LogP contribution is 2.38. The van der Waals surface area contributed by atoms with Crippen LogP contribution in [0.4, 0.5) is 10.5 Å². The van der Waals surface area contributed by atoms with Crippen LogP contribution in [0.1, 0.15) is 30.5 Å². The Morgan fingerprint density at radius 3 is 2.57 bits per heavy atom. The molecule has 3 rings (SSSR count). The van der Waals surface area contributed by atoms with E-state index in [1.165, 1.54) is 16.8 Å². The van der Waals surface area contributed by atoms with Crippen LogP contribution in [0.3, 0.4) is 0 Å².